The highest BCUT2D eigenvalue weighted by Gasteiger charge is 2.41. The Bertz CT molecular complexity index is 488. The zero-order chi connectivity index (χ0) is 13.5. The quantitative estimate of drug-likeness (QED) is 0.854. The third-order valence-electron chi connectivity index (χ3n) is 4.51. The van der Waals surface area contributed by atoms with Gasteiger partial charge in [-0.15, -0.1) is 0 Å². The van der Waals surface area contributed by atoms with E-state index in [2.05, 4.69) is 10.4 Å². The zero-order valence-electron chi connectivity index (χ0n) is 11.8. The molecule has 2 fully saturated rings. The van der Waals surface area contributed by atoms with Gasteiger partial charge in [-0.05, 0) is 39.3 Å². The summed E-state index contributed by atoms with van der Waals surface area (Å²) in [5, 5.41) is 7.79. The normalized spacial score (nSPS) is 26.5. The number of aryl methyl sites for hydroxylation is 2. The highest BCUT2D eigenvalue weighted by molar-refractivity contribution is 5.76. The van der Waals surface area contributed by atoms with Crippen molar-refractivity contribution in [2.75, 3.05) is 26.2 Å². The van der Waals surface area contributed by atoms with Crippen LogP contribution in [0.5, 0.6) is 0 Å². The Kier molecular flexibility index (Phi) is 3.09. The lowest BCUT2D eigenvalue weighted by atomic mass is 9.87. The van der Waals surface area contributed by atoms with Gasteiger partial charge in [-0.2, -0.15) is 5.10 Å². The number of rotatable bonds is 2. The van der Waals surface area contributed by atoms with Gasteiger partial charge in [0.25, 0.3) is 0 Å². The summed E-state index contributed by atoms with van der Waals surface area (Å²) in [6.07, 6.45) is 2.35. The Balaban J connectivity index is 1.64. The molecule has 104 valence electrons. The molecule has 1 atom stereocenters. The van der Waals surface area contributed by atoms with Crippen molar-refractivity contribution in [1.29, 1.82) is 0 Å². The molecule has 19 heavy (non-hydrogen) atoms. The number of carbonyl (C=O) groups excluding carboxylic acids is 1. The summed E-state index contributed by atoms with van der Waals surface area (Å²) in [5.41, 5.74) is 2.38. The van der Waals surface area contributed by atoms with E-state index in [0.717, 1.165) is 44.0 Å². The van der Waals surface area contributed by atoms with Gasteiger partial charge in [-0.1, -0.05) is 0 Å². The first-order valence-corrected chi connectivity index (χ1v) is 7.08. The van der Waals surface area contributed by atoms with Crippen LogP contribution in [0.3, 0.4) is 0 Å². The standard InChI is InChI=1S/C14H22N4O/c1-11-7-12(2)18(16-11)8-13(19)17-6-4-14(10-17)3-5-15-9-14/h7,15H,3-6,8-10H2,1-2H3. The largest absolute Gasteiger partial charge is 0.340 e. The second-order valence-electron chi connectivity index (χ2n) is 6.08. The van der Waals surface area contributed by atoms with Gasteiger partial charge in [0.2, 0.25) is 5.91 Å². The molecule has 5 heteroatoms. The fraction of sp³-hybridized carbons (Fsp3) is 0.714. The molecule has 0 saturated carbocycles. The first kappa shape index (κ1) is 12.7. The molecule has 1 aromatic rings. The second-order valence-corrected chi connectivity index (χ2v) is 6.08. The molecule has 0 aromatic carbocycles. The summed E-state index contributed by atoms with van der Waals surface area (Å²) in [5.74, 6) is 0.204. The van der Waals surface area contributed by atoms with Crippen molar-refractivity contribution in [3.05, 3.63) is 17.5 Å². The lowest BCUT2D eigenvalue weighted by Gasteiger charge is -2.22. The lowest BCUT2D eigenvalue weighted by molar-refractivity contribution is -0.131. The number of carbonyl (C=O) groups is 1. The first-order chi connectivity index (χ1) is 9.08. The van der Waals surface area contributed by atoms with Crippen LogP contribution in [-0.4, -0.2) is 46.8 Å². The van der Waals surface area contributed by atoms with E-state index in [-0.39, 0.29) is 5.91 Å². The van der Waals surface area contributed by atoms with Crippen LogP contribution in [0, 0.1) is 19.3 Å². The number of amides is 1. The monoisotopic (exact) mass is 262 g/mol. The number of hydrogen-bond acceptors (Lipinski definition) is 3. The maximum absolute atomic E-state index is 12.4. The van der Waals surface area contributed by atoms with Crippen LogP contribution in [0.25, 0.3) is 0 Å². The van der Waals surface area contributed by atoms with Gasteiger partial charge in [0, 0.05) is 30.7 Å². The number of nitrogens with one attached hydrogen (secondary N) is 1. The van der Waals surface area contributed by atoms with Crippen molar-refractivity contribution in [2.45, 2.75) is 33.2 Å². The van der Waals surface area contributed by atoms with E-state index < -0.39 is 0 Å². The smallest absolute Gasteiger partial charge is 0.244 e. The van der Waals surface area contributed by atoms with Gasteiger partial charge in [-0.3, -0.25) is 9.48 Å². The van der Waals surface area contributed by atoms with E-state index in [1.807, 2.05) is 29.5 Å². The molecule has 1 amide bonds. The molecule has 2 aliphatic rings. The third kappa shape index (κ3) is 2.39. The molecule has 2 saturated heterocycles. The second kappa shape index (κ2) is 4.63. The minimum absolute atomic E-state index is 0.204. The SMILES string of the molecule is Cc1cc(C)n(CC(=O)N2CCC3(CCNC3)C2)n1. The van der Waals surface area contributed by atoms with E-state index in [4.69, 9.17) is 0 Å². The molecule has 1 unspecified atom stereocenters. The molecule has 0 aliphatic carbocycles. The minimum Gasteiger partial charge on any atom is -0.340 e. The highest BCUT2D eigenvalue weighted by atomic mass is 16.2. The maximum atomic E-state index is 12.4. The summed E-state index contributed by atoms with van der Waals surface area (Å²) in [7, 11) is 0. The predicted octanol–water partition coefficient (Wildman–Crippen LogP) is 0.712. The van der Waals surface area contributed by atoms with Crippen molar-refractivity contribution in [3.8, 4) is 0 Å². The fourth-order valence-electron chi connectivity index (χ4n) is 3.35. The first-order valence-electron chi connectivity index (χ1n) is 7.08. The Labute approximate surface area is 114 Å². The Morgan fingerprint density at radius 3 is 2.95 bits per heavy atom. The van der Waals surface area contributed by atoms with Crippen LogP contribution in [0.15, 0.2) is 6.07 Å². The summed E-state index contributed by atoms with van der Waals surface area (Å²) in [6, 6.07) is 2.01. The van der Waals surface area contributed by atoms with Gasteiger partial charge < -0.3 is 10.2 Å². The van der Waals surface area contributed by atoms with Gasteiger partial charge in [-0.25, -0.2) is 0 Å². The summed E-state index contributed by atoms with van der Waals surface area (Å²) < 4.78 is 1.82. The molecule has 0 bridgehead atoms. The molecule has 0 radical (unpaired) electrons. The third-order valence-corrected chi connectivity index (χ3v) is 4.51. The van der Waals surface area contributed by atoms with E-state index in [1.165, 1.54) is 6.42 Å². The van der Waals surface area contributed by atoms with Crippen molar-refractivity contribution in [3.63, 3.8) is 0 Å². The molecular weight excluding hydrogens is 240 g/mol. The highest BCUT2D eigenvalue weighted by Crippen LogP contribution is 2.36. The Morgan fingerprint density at radius 1 is 1.47 bits per heavy atom. The predicted molar refractivity (Wildman–Crippen MR) is 72.8 cm³/mol. The van der Waals surface area contributed by atoms with Crippen LogP contribution in [0.1, 0.15) is 24.2 Å². The number of hydrogen-bond donors (Lipinski definition) is 1. The molecule has 5 nitrogen and oxygen atoms in total. The van der Waals surface area contributed by atoms with Crippen LogP contribution in [0.2, 0.25) is 0 Å². The average molecular weight is 262 g/mol. The zero-order valence-corrected chi connectivity index (χ0v) is 11.8. The summed E-state index contributed by atoms with van der Waals surface area (Å²) >= 11 is 0. The molecule has 1 spiro atoms. The number of nitrogens with zero attached hydrogens (tertiary/aromatic N) is 3. The molecular formula is C14H22N4O. The minimum atomic E-state index is 0.204. The topological polar surface area (TPSA) is 50.2 Å². The lowest BCUT2D eigenvalue weighted by Crippen LogP contribution is -2.35. The van der Waals surface area contributed by atoms with Crippen LogP contribution in [0.4, 0.5) is 0 Å². The van der Waals surface area contributed by atoms with Crippen LogP contribution < -0.4 is 5.32 Å². The van der Waals surface area contributed by atoms with Crippen molar-refractivity contribution < 1.29 is 4.79 Å². The van der Waals surface area contributed by atoms with Gasteiger partial charge in [0.15, 0.2) is 0 Å². The number of aromatic nitrogens is 2. The van der Waals surface area contributed by atoms with Crippen molar-refractivity contribution >= 4 is 5.91 Å². The van der Waals surface area contributed by atoms with E-state index in [9.17, 15) is 4.79 Å². The molecule has 3 rings (SSSR count). The number of likely N-dealkylation sites (tertiary alicyclic amines) is 1. The van der Waals surface area contributed by atoms with Crippen molar-refractivity contribution in [1.82, 2.24) is 20.0 Å². The van der Waals surface area contributed by atoms with Gasteiger partial charge in [0.05, 0.1) is 5.69 Å². The average Bonchev–Trinajstić information content (AvgIpc) is 3.05. The maximum Gasteiger partial charge on any atom is 0.244 e. The van der Waals surface area contributed by atoms with Gasteiger partial charge >= 0.3 is 0 Å². The van der Waals surface area contributed by atoms with E-state index >= 15 is 0 Å². The van der Waals surface area contributed by atoms with E-state index in [0.29, 0.717) is 12.0 Å². The summed E-state index contributed by atoms with van der Waals surface area (Å²) in [6.45, 7) is 8.32. The Morgan fingerprint density at radius 2 is 2.32 bits per heavy atom. The van der Waals surface area contributed by atoms with Crippen molar-refractivity contribution in [2.24, 2.45) is 5.41 Å². The molecule has 2 aliphatic heterocycles. The molecule has 1 N–H and O–H groups in total. The van der Waals surface area contributed by atoms with Gasteiger partial charge in [0.1, 0.15) is 6.54 Å². The Hall–Kier alpha value is -1.36. The summed E-state index contributed by atoms with van der Waals surface area (Å²) in [4.78, 5) is 14.4. The van der Waals surface area contributed by atoms with Crippen LogP contribution in [-0.2, 0) is 11.3 Å². The van der Waals surface area contributed by atoms with E-state index in [1.54, 1.807) is 0 Å². The fourth-order valence-corrected chi connectivity index (χ4v) is 3.35. The van der Waals surface area contributed by atoms with Crippen LogP contribution >= 0.6 is 0 Å². The molecule has 3 heterocycles. The molecule has 1 aromatic heterocycles.